The van der Waals surface area contributed by atoms with Gasteiger partial charge >= 0.3 is 0 Å². The predicted octanol–water partition coefficient (Wildman–Crippen LogP) is 2.98. The number of aromatic nitrogens is 4. The van der Waals surface area contributed by atoms with Gasteiger partial charge in [-0.1, -0.05) is 0 Å². The summed E-state index contributed by atoms with van der Waals surface area (Å²) in [7, 11) is 0. The summed E-state index contributed by atoms with van der Waals surface area (Å²) < 4.78 is 3.99. The molecule has 1 saturated heterocycles. The van der Waals surface area contributed by atoms with Crippen LogP contribution >= 0.6 is 0 Å². The second kappa shape index (κ2) is 8.65. The lowest BCUT2D eigenvalue weighted by Gasteiger charge is -2.29. The zero-order chi connectivity index (χ0) is 22.1. The minimum absolute atomic E-state index is 0.0687. The third-order valence-electron chi connectivity index (χ3n) is 6.78. The number of nitriles is 1. The van der Waals surface area contributed by atoms with E-state index in [0.717, 1.165) is 54.8 Å². The van der Waals surface area contributed by atoms with E-state index < -0.39 is 0 Å². The summed E-state index contributed by atoms with van der Waals surface area (Å²) in [5.74, 6) is 1.09. The van der Waals surface area contributed by atoms with E-state index in [1.807, 2.05) is 21.8 Å². The molecule has 8 heteroatoms. The first-order chi connectivity index (χ1) is 15.6. The number of benzene rings is 1. The summed E-state index contributed by atoms with van der Waals surface area (Å²) in [4.78, 5) is 20.1. The molecule has 1 amide bonds. The second-order valence-corrected chi connectivity index (χ2v) is 8.96. The van der Waals surface area contributed by atoms with Crippen molar-refractivity contribution in [2.24, 2.45) is 5.92 Å². The van der Waals surface area contributed by atoms with Crippen LogP contribution in [0.25, 0.3) is 11.0 Å². The number of hydrogen-bond acceptors (Lipinski definition) is 5. The molecule has 5 rings (SSSR count). The molecule has 0 spiro atoms. The Hall–Kier alpha value is -3.34. The van der Waals surface area contributed by atoms with Gasteiger partial charge in [-0.25, -0.2) is 4.98 Å². The number of carbonyl (C=O) groups excluding carboxylic acids is 1. The fourth-order valence-electron chi connectivity index (χ4n) is 4.89. The number of hydrogen-bond donors (Lipinski definition) is 1. The lowest BCUT2D eigenvalue weighted by Crippen LogP contribution is -2.40. The van der Waals surface area contributed by atoms with E-state index >= 15 is 0 Å². The highest BCUT2D eigenvalue weighted by Gasteiger charge is 2.25. The fourth-order valence-corrected chi connectivity index (χ4v) is 4.89. The van der Waals surface area contributed by atoms with Gasteiger partial charge in [-0.15, -0.1) is 0 Å². The molecule has 3 aromatic rings. The maximum Gasteiger partial charge on any atom is 0.242 e. The molecule has 8 nitrogen and oxygen atoms in total. The maximum atomic E-state index is 13.2. The molecular weight excluding hydrogens is 402 g/mol. The monoisotopic (exact) mass is 431 g/mol. The number of piperidine rings is 1. The van der Waals surface area contributed by atoms with Gasteiger partial charge < -0.3 is 14.8 Å². The topological polar surface area (TPSA) is 91.8 Å². The number of imidazole rings is 1. The Morgan fingerprint density at radius 2 is 2.12 bits per heavy atom. The minimum atomic E-state index is 0.0687. The molecule has 0 bridgehead atoms. The number of likely N-dealkylation sites (tertiary alicyclic amines) is 1. The molecule has 166 valence electrons. The zero-order valence-electron chi connectivity index (χ0n) is 18.5. The Morgan fingerprint density at radius 3 is 2.88 bits per heavy atom. The van der Waals surface area contributed by atoms with Crippen molar-refractivity contribution in [1.29, 1.82) is 5.26 Å². The van der Waals surface area contributed by atoms with Crippen LogP contribution in [0.3, 0.4) is 0 Å². The molecule has 1 atom stereocenters. The van der Waals surface area contributed by atoms with Gasteiger partial charge in [0.15, 0.2) is 0 Å². The molecule has 0 unspecified atom stereocenters. The Labute approximate surface area is 187 Å². The Balaban J connectivity index is 1.45. The van der Waals surface area contributed by atoms with Crippen molar-refractivity contribution in [2.75, 3.05) is 18.4 Å². The van der Waals surface area contributed by atoms with E-state index in [2.05, 4.69) is 40.1 Å². The Kier molecular flexibility index (Phi) is 5.56. The molecule has 0 saturated carbocycles. The van der Waals surface area contributed by atoms with Crippen LogP contribution in [-0.4, -0.2) is 49.3 Å². The first-order valence-electron chi connectivity index (χ1n) is 11.5. The van der Waals surface area contributed by atoms with E-state index in [4.69, 9.17) is 10.2 Å². The summed E-state index contributed by atoms with van der Waals surface area (Å²) in [6, 6.07) is 8.94. The summed E-state index contributed by atoms with van der Waals surface area (Å²) in [5.41, 5.74) is 4.44. The predicted molar refractivity (Wildman–Crippen MR) is 122 cm³/mol. The van der Waals surface area contributed by atoms with Crippen molar-refractivity contribution in [3.05, 3.63) is 42.0 Å². The molecule has 1 fully saturated rings. The van der Waals surface area contributed by atoms with Gasteiger partial charge in [0.25, 0.3) is 0 Å². The van der Waals surface area contributed by atoms with Crippen LogP contribution in [0.5, 0.6) is 0 Å². The molecule has 0 radical (unpaired) electrons. The number of rotatable bonds is 5. The van der Waals surface area contributed by atoms with E-state index in [1.54, 1.807) is 6.20 Å². The molecule has 1 aromatic carbocycles. The molecule has 1 N–H and O–H groups in total. The summed E-state index contributed by atoms with van der Waals surface area (Å²) in [5, 5.41) is 17.0. The van der Waals surface area contributed by atoms with Crippen molar-refractivity contribution in [2.45, 2.75) is 58.2 Å². The summed E-state index contributed by atoms with van der Waals surface area (Å²) >= 11 is 0. The first kappa shape index (κ1) is 20.6. The zero-order valence-corrected chi connectivity index (χ0v) is 18.5. The van der Waals surface area contributed by atoms with Gasteiger partial charge in [0.1, 0.15) is 12.4 Å². The van der Waals surface area contributed by atoms with Crippen molar-refractivity contribution in [1.82, 2.24) is 24.2 Å². The standard InChI is InChI=1S/C24H29N7O/c1-17-3-4-19-20(27-17)5-6-21-24(19)28-22(9-14-30-11-2-10-26-30)31(21)16-23(32)29-12-7-18(15-25)8-13-29/h2,5-6,10-11,17-18,27H,3-4,7-9,12-14,16H2,1H3/t17-/m0/s1. The first-order valence-corrected chi connectivity index (χ1v) is 11.5. The SMILES string of the molecule is C[C@H]1CCc2c(ccc3c2nc(CCn2cccn2)n3CC(=O)N2CCC(C#N)CC2)N1. The van der Waals surface area contributed by atoms with Gasteiger partial charge in [-0.3, -0.25) is 9.48 Å². The smallest absolute Gasteiger partial charge is 0.242 e. The molecular formula is C24H29N7O. The van der Waals surface area contributed by atoms with Crippen molar-refractivity contribution in [3.8, 4) is 6.07 Å². The number of fused-ring (bicyclic) bond motifs is 3. The maximum absolute atomic E-state index is 13.2. The number of nitrogens with zero attached hydrogens (tertiary/aromatic N) is 6. The van der Waals surface area contributed by atoms with E-state index in [1.165, 1.54) is 5.56 Å². The third kappa shape index (κ3) is 3.95. The van der Waals surface area contributed by atoms with Crippen LogP contribution < -0.4 is 5.32 Å². The van der Waals surface area contributed by atoms with Crippen molar-refractivity contribution < 1.29 is 4.79 Å². The van der Waals surface area contributed by atoms with Crippen LogP contribution in [0, 0.1) is 17.2 Å². The lowest BCUT2D eigenvalue weighted by molar-refractivity contribution is -0.133. The lowest BCUT2D eigenvalue weighted by atomic mass is 9.97. The fraction of sp³-hybridized carbons (Fsp3) is 0.500. The van der Waals surface area contributed by atoms with Crippen LogP contribution in [-0.2, 0) is 30.7 Å². The highest BCUT2D eigenvalue weighted by Crippen LogP contribution is 2.32. The number of aryl methyl sites for hydroxylation is 3. The second-order valence-electron chi connectivity index (χ2n) is 8.96. The van der Waals surface area contributed by atoms with Gasteiger partial charge in [0, 0.05) is 61.7 Å². The van der Waals surface area contributed by atoms with Gasteiger partial charge in [-0.05, 0) is 50.8 Å². The van der Waals surface area contributed by atoms with Gasteiger partial charge in [-0.2, -0.15) is 10.4 Å². The number of anilines is 1. The van der Waals surface area contributed by atoms with Crippen molar-refractivity contribution in [3.63, 3.8) is 0 Å². The average molecular weight is 432 g/mol. The highest BCUT2D eigenvalue weighted by molar-refractivity contribution is 5.87. The molecule has 2 aliphatic heterocycles. The van der Waals surface area contributed by atoms with E-state index in [-0.39, 0.29) is 18.4 Å². The summed E-state index contributed by atoms with van der Waals surface area (Å²) in [6.07, 6.45) is 8.03. The largest absolute Gasteiger partial charge is 0.382 e. The van der Waals surface area contributed by atoms with E-state index in [9.17, 15) is 4.79 Å². The molecule has 32 heavy (non-hydrogen) atoms. The van der Waals surface area contributed by atoms with Crippen LogP contribution in [0.2, 0.25) is 0 Å². The van der Waals surface area contributed by atoms with Gasteiger partial charge in [0.2, 0.25) is 5.91 Å². The summed E-state index contributed by atoms with van der Waals surface area (Å²) in [6.45, 7) is 4.52. The van der Waals surface area contributed by atoms with E-state index in [0.29, 0.717) is 25.6 Å². The van der Waals surface area contributed by atoms with Crippen LogP contribution in [0.15, 0.2) is 30.6 Å². The molecule has 4 heterocycles. The molecule has 0 aliphatic carbocycles. The molecule has 2 aromatic heterocycles. The average Bonchev–Trinajstić information content (AvgIpc) is 3.45. The highest BCUT2D eigenvalue weighted by atomic mass is 16.2. The third-order valence-corrected chi connectivity index (χ3v) is 6.78. The van der Waals surface area contributed by atoms with Gasteiger partial charge in [0.05, 0.1) is 17.1 Å². The van der Waals surface area contributed by atoms with Crippen LogP contribution in [0.4, 0.5) is 5.69 Å². The minimum Gasteiger partial charge on any atom is -0.382 e. The number of carbonyl (C=O) groups is 1. The van der Waals surface area contributed by atoms with Crippen LogP contribution in [0.1, 0.15) is 37.6 Å². The normalized spacial score (nSPS) is 18.9. The Morgan fingerprint density at radius 1 is 1.28 bits per heavy atom. The Bertz CT molecular complexity index is 1150. The van der Waals surface area contributed by atoms with Crippen molar-refractivity contribution >= 4 is 22.6 Å². The number of nitrogens with one attached hydrogen (secondary N) is 1. The number of amides is 1. The molecule has 2 aliphatic rings. The quantitative estimate of drug-likeness (QED) is 0.671.